The minimum absolute atomic E-state index is 0.148. The number of aliphatic hydroxyl groups is 1. The number of furan rings is 1. The molecule has 0 aliphatic carbocycles. The van der Waals surface area contributed by atoms with E-state index in [0.717, 1.165) is 10.9 Å². The minimum atomic E-state index is -0.945. The first-order valence-electron chi connectivity index (χ1n) is 10.1. The largest absolute Gasteiger partial charge is 0.489 e. The summed E-state index contributed by atoms with van der Waals surface area (Å²) < 4.78 is 26.8. The van der Waals surface area contributed by atoms with Crippen molar-refractivity contribution in [3.63, 3.8) is 0 Å². The summed E-state index contributed by atoms with van der Waals surface area (Å²) in [5.74, 6) is -0.984. The number of rotatable bonds is 8. The Hall–Kier alpha value is -3.68. The highest BCUT2D eigenvalue weighted by Crippen LogP contribution is 2.35. The van der Waals surface area contributed by atoms with Crippen LogP contribution in [0.3, 0.4) is 0 Å². The highest BCUT2D eigenvalue weighted by atomic mass is 19.1. The number of aliphatic carboxylic acids is 1. The molecule has 4 rings (SSSR count). The topological polar surface area (TPSA) is 106 Å². The van der Waals surface area contributed by atoms with Crippen LogP contribution in [0.1, 0.15) is 22.7 Å². The summed E-state index contributed by atoms with van der Waals surface area (Å²) in [5.41, 5.74) is 8.76. The predicted molar refractivity (Wildman–Crippen MR) is 118 cm³/mol. The molecule has 1 aromatic heterocycles. The molecule has 1 heterocycles. The molecule has 6 nitrogen and oxygen atoms in total. The molecule has 0 spiro atoms. The summed E-state index contributed by atoms with van der Waals surface area (Å²) >= 11 is 0. The smallest absolute Gasteiger partial charge is 0.307 e. The molecule has 32 heavy (non-hydrogen) atoms. The third-order valence-corrected chi connectivity index (χ3v) is 5.23. The normalized spacial score (nSPS) is 12.1. The molecule has 0 saturated heterocycles. The van der Waals surface area contributed by atoms with Gasteiger partial charge in [-0.25, -0.2) is 4.39 Å². The Morgan fingerprint density at radius 3 is 2.69 bits per heavy atom. The molecule has 0 unspecified atom stereocenters. The van der Waals surface area contributed by atoms with Gasteiger partial charge in [0.2, 0.25) is 0 Å². The van der Waals surface area contributed by atoms with Crippen LogP contribution in [0.4, 0.5) is 4.39 Å². The second-order valence-corrected chi connectivity index (χ2v) is 7.45. The first-order valence-corrected chi connectivity index (χ1v) is 10.1. The lowest BCUT2D eigenvalue weighted by molar-refractivity contribution is -0.136. The van der Waals surface area contributed by atoms with Gasteiger partial charge in [-0.1, -0.05) is 36.4 Å². The number of carboxylic acids is 1. The van der Waals surface area contributed by atoms with Crippen molar-refractivity contribution in [2.75, 3.05) is 6.61 Å². The molecule has 164 valence electrons. The Morgan fingerprint density at radius 1 is 1.09 bits per heavy atom. The molecule has 1 atom stereocenters. The molecule has 0 bridgehead atoms. The van der Waals surface area contributed by atoms with Gasteiger partial charge in [-0.05, 0) is 29.8 Å². The number of benzene rings is 3. The van der Waals surface area contributed by atoms with Gasteiger partial charge in [-0.15, -0.1) is 0 Å². The van der Waals surface area contributed by atoms with Crippen molar-refractivity contribution in [2.24, 2.45) is 5.73 Å². The van der Waals surface area contributed by atoms with E-state index in [4.69, 9.17) is 20.0 Å². The fraction of sp³-hybridized carbons (Fsp3) is 0.160. The van der Waals surface area contributed by atoms with Crippen LogP contribution in [0, 0.1) is 5.82 Å². The lowest BCUT2D eigenvalue weighted by Crippen LogP contribution is -2.16. The Balaban J connectivity index is 1.71. The molecular weight excluding hydrogens is 413 g/mol. The van der Waals surface area contributed by atoms with Crippen LogP contribution in [-0.2, 0) is 17.8 Å². The summed E-state index contributed by atoms with van der Waals surface area (Å²) in [7, 11) is 0. The maximum atomic E-state index is 15.3. The highest BCUT2D eigenvalue weighted by molar-refractivity contribution is 5.93. The molecule has 4 aromatic rings. The third kappa shape index (κ3) is 4.34. The number of carbonyl (C=O) groups is 1. The Labute approximate surface area is 183 Å². The highest BCUT2D eigenvalue weighted by Gasteiger charge is 2.18. The second-order valence-electron chi connectivity index (χ2n) is 7.45. The third-order valence-electron chi connectivity index (χ3n) is 5.23. The molecule has 0 aliphatic heterocycles. The summed E-state index contributed by atoms with van der Waals surface area (Å²) in [6.07, 6.45) is 1.38. The first kappa shape index (κ1) is 21.5. The van der Waals surface area contributed by atoms with E-state index >= 15 is 4.39 Å². The Morgan fingerprint density at radius 2 is 1.91 bits per heavy atom. The van der Waals surface area contributed by atoms with Crippen molar-refractivity contribution in [2.45, 2.75) is 19.1 Å². The van der Waals surface area contributed by atoms with Gasteiger partial charge in [0, 0.05) is 27.6 Å². The van der Waals surface area contributed by atoms with Crippen molar-refractivity contribution < 1.29 is 28.6 Å². The number of nitrogens with two attached hydrogens (primary N) is 1. The van der Waals surface area contributed by atoms with E-state index in [1.807, 2.05) is 6.07 Å². The van der Waals surface area contributed by atoms with E-state index in [2.05, 4.69) is 0 Å². The Kier molecular flexibility index (Phi) is 6.20. The van der Waals surface area contributed by atoms with Crippen LogP contribution >= 0.6 is 0 Å². The van der Waals surface area contributed by atoms with Crippen molar-refractivity contribution in [3.8, 4) is 16.9 Å². The zero-order valence-corrected chi connectivity index (χ0v) is 17.1. The maximum absolute atomic E-state index is 15.3. The van der Waals surface area contributed by atoms with Crippen LogP contribution in [0.25, 0.3) is 22.1 Å². The van der Waals surface area contributed by atoms with Gasteiger partial charge >= 0.3 is 5.97 Å². The van der Waals surface area contributed by atoms with Crippen LogP contribution in [0.15, 0.2) is 71.3 Å². The number of fused-ring (bicyclic) bond motifs is 1. The van der Waals surface area contributed by atoms with Gasteiger partial charge < -0.3 is 25.1 Å². The van der Waals surface area contributed by atoms with E-state index in [1.54, 1.807) is 54.6 Å². The lowest BCUT2D eigenvalue weighted by Gasteiger charge is -2.15. The van der Waals surface area contributed by atoms with Crippen molar-refractivity contribution in [1.82, 2.24) is 0 Å². The zero-order chi connectivity index (χ0) is 22.7. The minimum Gasteiger partial charge on any atom is -0.489 e. The Bertz CT molecular complexity index is 1270. The van der Waals surface area contributed by atoms with E-state index in [9.17, 15) is 9.90 Å². The first-order chi connectivity index (χ1) is 15.5. The number of ether oxygens (including phenoxy) is 1. The average Bonchev–Trinajstić information content (AvgIpc) is 3.26. The zero-order valence-electron chi connectivity index (χ0n) is 17.1. The van der Waals surface area contributed by atoms with E-state index in [0.29, 0.717) is 28.0 Å². The summed E-state index contributed by atoms with van der Waals surface area (Å²) in [6.45, 7) is -0.220. The van der Waals surface area contributed by atoms with Crippen LogP contribution in [-0.4, -0.2) is 22.8 Å². The van der Waals surface area contributed by atoms with Gasteiger partial charge in [-0.2, -0.15) is 0 Å². The summed E-state index contributed by atoms with van der Waals surface area (Å²) in [6, 6.07) is 16.4. The van der Waals surface area contributed by atoms with E-state index in [-0.39, 0.29) is 25.2 Å². The fourth-order valence-corrected chi connectivity index (χ4v) is 3.68. The monoisotopic (exact) mass is 435 g/mol. The molecule has 3 aromatic carbocycles. The van der Waals surface area contributed by atoms with Gasteiger partial charge in [0.25, 0.3) is 0 Å². The number of halogens is 1. The number of aliphatic hydroxyl groups excluding tert-OH is 1. The molecule has 0 radical (unpaired) electrons. The molecule has 0 amide bonds. The SMILES string of the molecule is N[C@H](CO)c1cccc(-c2cc(COc3ccccc3CC(=O)O)cc3ccoc23)c1F. The summed E-state index contributed by atoms with van der Waals surface area (Å²) in [5, 5.41) is 19.2. The fourth-order valence-electron chi connectivity index (χ4n) is 3.68. The van der Waals surface area contributed by atoms with E-state index in [1.165, 1.54) is 6.26 Å². The lowest BCUT2D eigenvalue weighted by atomic mass is 9.96. The molecule has 0 saturated carbocycles. The van der Waals surface area contributed by atoms with Crippen molar-refractivity contribution in [1.29, 1.82) is 0 Å². The molecule has 4 N–H and O–H groups in total. The number of carboxylic acid groups (broad SMARTS) is 1. The second kappa shape index (κ2) is 9.21. The van der Waals surface area contributed by atoms with Gasteiger partial charge in [0.15, 0.2) is 0 Å². The van der Waals surface area contributed by atoms with Crippen molar-refractivity contribution in [3.05, 3.63) is 89.4 Å². The quantitative estimate of drug-likeness (QED) is 0.378. The van der Waals surface area contributed by atoms with Crippen LogP contribution < -0.4 is 10.5 Å². The maximum Gasteiger partial charge on any atom is 0.307 e. The number of hydrogen-bond donors (Lipinski definition) is 3. The molecule has 0 aliphatic rings. The van der Waals surface area contributed by atoms with Crippen LogP contribution in [0.5, 0.6) is 5.75 Å². The van der Waals surface area contributed by atoms with E-state index < -0.39 is 17.8 Å². The molecule has 0 fully saturated rings. The number of hydrogen-bond acceptors (Lipinski definition) is 5. The van der Waals surface area contributed by atoms with Gasteiger partial charge in [-0.3, -0.25) is 4.79 Å². The molecular formula is C25H22FNO5. The summed E-state index contributed by atoms with van der Waals surface area (Å²) in [4.78, 5) is 11.1. The van der Waals surface area contributed by atoms with Crippen LogP contribution in [0.2, 0.25) is 0 Å². The number of para-hydroxylation sites is 1. The average molecular weight is 435 g/mol. The molecule has 7 heteroatoms. The van der Waals surface area contributed by atoms with Gasteiger partial charge in [0.05, 0.1) is 25.3 Å². The predicted octanol–water partition coefficient (Wildman–Crippen LogP) is 4.44. The van der Waals surface area contributed by atoms with Crippen molar-refractivity contribution >= 4 is 16.9 Å². The standard InChI is InChI=1S/C25H22FNO5/c26-24-18(5-3-6-19(24)21(27)13-28)20-11-15(10-17-8-9-31-25(17)20)14-32-22-7-2-1-4-16(22)12-23(29)30/h1-11,21,28H,12-14,27H2,(H,29,30)/t21-/m1/s1. The van der Waals surface area contributed by atoms with Gasteiger partial charge in [0.1, 0.15) is 23.8 Å².